The number of amides is 1. The molecule has 1 aliphatic heterocycles. The van der Waals surface area contributed by atoms with Crippen molar-refractivity contribution in [2.75, 3.05) is 19.0 Å². The largest absolute Gasteiger partial charge is 0.482 e. The topological polar surface area (TPSA) is 50.4 Å². The van der Waals surface area contributed by atoms with E-state index >= 15 is 0 Å². The Bertz CT molecular complexity index is 431. The van der Waals surface area contributed by atoms with Crippen LogP contribution in [-0.4, -0.2) is 24.6 Å². The molecule has 78 valence electrons. The van der Waals surface area contributed by atoms with E-state index in [-0.39, 0.29) is 12.5 Å². The minimum atomic E-state index is -0.143. The van der Waals surface area contributed by atoms with Gasteiger partial charge in [0.05, 0.1) is 5.69 Å². The van der Waals surface area contributed by atoms with Crippen LogP contribution in [0.5, 0.6) is 5.75 Å². The van der Waals surface area contributed by atoms with Gasteiger partial charge in [0.25, 0.3) is 5.91 Å². The van der Waals surface area contributed by atoms with Crippen molar-refractivity contribution in [2.24, 2.45) is 0 Å². The fraction of sp³-hybridized carbons (Fsp3) is 0.200. The number of carbonyl (C=O) groups is 1. The van der Waals surface area contributed by atoms with Crippen LogP contribution in [0, 0.1) is 0 Å². The van der Waals surface area contributed by atoms with E-state index in [1.54, 1.807) is 19.2 Å². The van der Waals surface area contributed by atoms with Gasteiger partial charge in [-0.3, -0.25) is 4.79 Å². The smallest absolute Gasteiger partial charge is 0.262 e. The quantitative estimate of drug-likeness (QED) is 0.694. The molecule has 2 rings (SSSR count). The van der Waals surface area contributed by atoms with Crippen LogP contribution in [0.1, 0.15) is 5.56 Å². The summed E-state index contributed by atoms with van der Waals surface area (Å²) in [4.78, 5) is 11.7. The standard InChI is InChI=1S/C10H10N2O2S/c1-11-10(15)6-2-3-8-7(4-6)12-9(13)5-14-8/h2-4H,5H2,1H3,(H,11,15)(H,12,13). The third-order valence-electron chi connectivity index (χ3n) is 2.10. The summed E-state index contributed by atoms with van der Waals surface area (Å²) in [6.07, 6.45) is 0. The summed E-state index contributed by atoms with van der Waals surface area (Å²) in [6.45, 7) is 0.0722. The first-order chi connectivity index (χ1) is 7.20. The molecule has 1 aliphatic rings. The Labute approximate surface area is 92.6 Å². The lowest BCUT2D eigenvalue weighted by Gasteiger charge is -2.18. The van der Waals surface area contributed by atoms with Crippen LogP contribution in [0.3, 0.4) is 0 Å². The van der Waals surface area contributed by atoms with Crippen molar-refractivity contribution in [3.05, 3.63) is 23.8 Å². The molecule has 0 bridgehead atoms. The van der Waals surface area contributed by atoms with E-state index in [1.165, 1.54) is 0 Å². The fourth-order valence-electron chi connectivity index (χ4n) is 1.37. The van der Waals surface area contributed by atoms with Crippen LogP contribution >= 0.6 is 12.2 Å². The number of nitrogens with one attached hydrogen (secondary N) is 2. The maximum Gasteiger partial charge on any atom is 0.262 e. The average molecular weight is 222 g/mol. The minimum Gasteiger partial charge on any atom is -0.482 e. The Morgan fingerprint density at radius 2 is 2.40 bits per heavy atom. The highest BCUT2D eigenvalue weighted by molar-refractivity contribution is 7.80. The second-order valence-corrected chi connectivity index (χ2v) is 3.54. The lowest BCUT2D eigenvalue weighted by Crippen LogP contribution is -2.26. The summed E-state index contributed by atoms with van der Waals surface area (Å²) >= 11 is 5.09. The predicted molar refractivity (Wildman–Crippen MR) is 61.3 cm³/mol. The van der Waals surface area contributed by atoms with Crippen molar-refractivity contribution in [3.63, 3.8) is 0 Å². The molecule has 1 amide bonds. The number of hydrogen-bond donors (Lipinski definition) is 2. The van der Waals surface area contributed by atoms with E-state index in [9.17, 15) is 4.79 Å². The molecule has 0 unspecified atom stereocenters. The zero-order valence-corrected chi connectivity index (χ0v) is 8.98. The maximum atomic E-state index is 11.1. The first kappa shape index (κ1) is 9.92. The highest BCUT2D eigenvalue weighted by Crippen LogP contribution is 2.28. The lowest BCUT2D eigenvalue weighted by atomic mass is 10.1. The summed E-state index contributed by atoms with van der Waals surface area (Å²) in [5, 5.41) is 5.61. The van der Waals surface area contributed by atoms with Crippen LogP contribution in [-0.2, 0) is 4.79 Å². The highest BCUT2D eigenvalue weighted by Gasteiger charge is 2.16. The van der Waals surface area contributed by atoms with Gasteiger partial charge in [-0.15, -0.1) is 0 Å². The number of hydrogen-bond acceptors (Lipinski definition) is 3. The number of thiocarbonyl (C=S) groups is 1. The lowest BCUT2D eigenvalue weighted by molar-refractivity contribution is -0.118. The Balaban J connectivity index is 2.36. The van der Waals surface area contributed by atoms with Gasteiger partial charge in [0, 0.05) is 12.6 Å². The summed E-state index contributed by atoms with van der Waals surface area (Å²) < 4.78 is 5.23. The molecule has 5 heteroatoms. The van der Waals surface area contributed by atoms with Gasteiger partial charge in [-0.25, -0.2) is 0 Å². The summed E-state index contributed by atoms with van der Waals surface area (Å²) in [5.74, 6) is 0.535. The van der Waals surface area contributed by atoms with Gasteiger partial charge < -0.3 is 15.4 Å². The highest BCUT2D eigenvalue weighted by atomic mass is 32.1. The molecule has 1 aromatic rings. The van der Waals surface area contributed by atoms with E-state index in [0.29, 0.717) is 16.4 Å². The number of carbonyl (C=O) groups excluding carboxylic acids is 1. The molecule has 1 heterocycles. The SMILES string of the molecule is CNC(=S)c1ccc2c(c1)NC(=O)CO2. The average Bonchev–Trinajstić information content (AvgIpc) is 2.27. The fourth-order valence-corrected chi connectivity index (χ4v) is 1.50. The van der Waals surface area contributed by atoms with Gasteiger partial charge in [0.15, 0.2) is 6.61 Å². The first-order valence-electron chi connectivity index (χ1n) is 4.49. The Morgan fingerprint density at radius 3 is 3.13 bits per heavy atom. The molecule has 0 radical (unpaired) electrons. The number of rotatable bonds is 1. The summed E-state index contributed by atoms with van der Waals surface area (Å²) in [6, 6.07) is 5.45. The Morgan fingerprint density at radius 1 is 1.60 bits per heavy atom. The third kappa shape index (κ3) is 1.92. The van der Waals surface area contributed by atoms with Gasteiger partial charge in [-0.1, -0.05) is 12.2 Å². The molecule has 0 aliphatic carbocycles. The van der Waals surface area contributed by atoms with Crippen molar-refractivity contribution >= 4 is 28.8 Å². The van der Waals surface area contributed by atoms with Gasteiger partial charge in [0.2, 0.25) is 0 Å². The third-order valence-corrected chi connectivity index (χ3v) is 2.54. The normalized spacial score (nSPS) is 13.5. The van der Waals surface area contributed by atoms with E-state index < -0.39 is 0 Å². The van der Waals surface area contributed by atoms with E-state index in [1.807, 2.05) is 6.07 Å². The zero-order valence-electron chi connectivity index (χ0n) is 8.16. The van der Waals surface area contributed by atoms with Gasteiger partial charge >= 0.3 is 0 Å². The number of anilines is 1. The molecule has 2 N–H and O–H groups in total. The molecule has 15 heavy (non-hydrogen) atoms. The number of fused-ring (bicyclic) bond motifs is 1. The Hall–Kier alpha value is -1.62. The zero-order chi connectivity index (χ0) is 10.8. The van der Waals surface area contributed by atoms with Crippen LogP contribution < -0.4 is 15.4 Å². The Kier molecular flexibility index (Phi) is 2.55. The van der Waals surface area contributed by atoms with Crippen LogP contribution in [0.25, 0.3) is 0 Å². The number of benzene rings is 1. The maximum absolute atomic E-state index is 11.1. The van der Waals surface area contributed by atoms with Crippen LogP contribution in [0.15, 0.2) is 18.2 Å². The number of ether oxygens (including phenoxy) is 1. The summed E-state index contributed by atoms with van der Waals surface area (Å²) in [7, 11) is 1.76. The van der Waals surface area contributed by atoms with Crippen molar-refractivity contribution < 1.29 is 9.53 Å². The van der Waals surface area contributed by atoms with Gasteiger partial charge in [0.1, 0.15) is 10.7 Å². The van der Waals surface area contributed by atoms with Crippen LogP contribution in [0.4, 0.5) is 5.69 Å². The molecular weight excluding hydrogens is 212 g/mol. The van der Waals surface area contributed by atoms with Crippen molar-refractivity contribution in [2.45, 2.75) is 0 Å². The monoisotopic (exact) mass is 222 g/mol. The molecule has 1 aromatic carbocycles. The molecule has 0 aromatic heterocycles. The molecule has 4 nitrogen and oxygen atoms in total. The molecular formula is C10H10N2O2S. The van der Waals surface area contributed by atoms with E-state index in [2.05, 4.69) is 10.6 Å². The van der Waals surface area contributed by atoms with Gasteiger partial charge in [-0.05, 0) is 18.2 Å². The van der Waals surface area contributed by atoms with E-state index in [4.69, 9.17) is 17.0 Å². The van der Waals surface area contributed by atoms with Gasteiger partial charge in [-0.2, -0.15) is 0 Å². The van der Waals surface area contributed by atoms with Crippen molar-refractivity contribution in [1.29, 1.82) is 0 Å². The second-order valence-electron chi connectivity index (χ2n) is 3.13. The van der Waals surface area contributed by atoms with E-state index in [0.717, 1.165) is 5.56 Å². The predicted octanol–water partition coefficient (Wildman–Crippen LogP) is 0.912. The minimum absolute atomic E-state index is 0.0722. The molecule has 0 spiro atoms. The van der Waals surface area contributed by atoms with Crippen molar-refractivity contribution in [3.8, 4) is 5.75 Å². The second kappa shape index (κ2) is 3.86. The first-order valence-corrected chi connectivity index (χ1v) is 4.90. The van der Waals surface area contributed by atoms with Crippen molar-refractivity contribution in [1.82, 2.24) is 5.32 Å². The molecule has 0 saturated heterocycles. The van der Waals surface area contributed by atoms with Crippen LogP contribution in [0.2, 0.25) is 0 Å². The molecule has 0 saturated carbocycles. The molecule has 0 fully saturated rings. The summed E-state index contributed by atoms with van der Waals surface area (Å²) in [5.41, 5.74) is 1.53. The molecule has 0 atom stereocenters.